The summed E-state index contributed by atoms with van der Waals surface area (Å²) in [6.07, 6.45) is 4.01. The van der Waals surface area contributed by atoms with Crippen LogP contribution in [0.25, 0.3) is 0 Å². The van der Waals surface area contributed by atoms with Gasteiger partial charge in [0, 0.05) is 39.3 Å². The Kier molecular flexibility index (Phi) is 7.46. The second kappa shape index (κ2) is 9.36. The fourth-order valence-corrected chi connectivity index (χ4v) is 3.63. The van der Waals surface area contributed by atoms with Crippen LogP contribution in [0, 0.1) is 11.8 Å². The Bertz CT molecular complexity index is 332. The van der Waals surface area contributed by atoms with Gasteiger partial charge in [0.25, 0.3) is 0 Å². The average Bonchev–Trinajstić information content (AvgIpc) is 2.97. The number of piperidine rings is 1. The van der Waals surface area contributed by atoms with Crippen molar-refractivity contribution >= 4 is 5.96 Å². The molecule has 0 amide bonds. The van der Waals surface area contributed by atoms with Crippen LogP contribution >= 0.6 is 0 Å². The molecule has 5 nitrogen and oxygen atoms in total. The molecule has 3 unspecified atom stereocenters. The van der Waals surface area contributed by atoms with E-state index in [9.17, 15) is 0 Å². The van der Waals surface area contributed by atoms with E-state index in [1.807, 2.05) is 0 Å². The number of nitrogens with one attached hydrogen (secondary N) is 2. The van der Waals surface area contributed by atoms with Crippen molar-refractivity contribution in [1.82, 2.24) is 15.5 Å². The molecule has 2 saturated heterocycles. The first kappa shape index (κ1) is 17.5. The second-order valence-electron chi connectivity index (χ2n) is 6.99. The van der Waals surface area contributed by atoms with Crippen LogP contribution in [0.15, 0.2) is 4.99 Å². The number of ether oxygens (including phenoxy) is 1. The van der Waals surface area contributed by atoms with Gasteiger partial charge >= 0.3 is 0 Å². The molecule has 2 aliphatic heterocycles. The Hall–Kier alpha value is -0.810. The monoisotopic (exact) mass is 310 g/mol. The van der Waals surface area contributed by atoms with Crippen LogP contribution in [0.2, 0.25) is 0 Å². The highest BCUT2D eigenvalue weighted by Gasteiger charge is 2.21. The molecule has 0 aromatic carbocycles. The number of rotatable bonds is 6. The van der Waals surface area contributed by atoms with E-state index >= 15 is 0 Å². The Labute approximate surface area is 135 Å². The molecule has 128 valence electrons. The van der Waals surface area contributed by atoms with Crippen molar-refractivity contribution in [2.75, 3.05) is 45.9 Å². The number of nitrogens with zero attached hydrogens (tertiary/aromatic N) is 2. The van der Waals surface area contributed by atoms with Crippen molar-refractivity contribution in [3.8, 4) is 0 Å². The summed E-state index contributed by atoms with van der Waals surface area (Å²) in [6, 6.07) is 0. The highest BCUT2D eigenvalue weighted by molar-refractivity contribution is 5.79. The summed E-state index contributed by atoms with van der Waals surface area (Å²) in [6.45, 7) is 13.9. The zero-order valence-electron chi connectivity index (χ0n) is 14.6. The molecule has 0 saturated carbocycles. The number of guanidine groups is 1. The van der Waals surface area contributed by atoms with Crippen LogP contribution in [-0.4, -0.2) is 62.8 Å². The summed E-state index contributed by atoms with van der Waals surface area (Å²) in [5, 5.41) is 6.79. The van der Waals surface area contributed by atoms with Crippen molar-refractivity contribution < 1.29 is 4.74 Å². The number of hydrogen-bond acceptors (Lipinski definition) is 3. The van der Waals surface area contributed by atoms with Gasteiger partial charge in [0.05, 0.1) is 12.6 Å². The van der Waals surface area contributed by atoms with Crippen molar-refractivity contribution in [2.45, 2.75) is 46.1 Å². The second-order valence-corrected chi connectivity index (χ2v) is 6.99. The molecule has 2 aliphatic rings. The Morgan fingerprint density at radius 2 is 2.00 bits per heavy atom. The van der Waals surface area contributed by atoms with Gasteiger partial charge in [-0.25, -0.2) is 0 Å². The lowest BCUT2D eigenvalue weighted by Crippen LogP contribution is -2.45. The minimum Gasteiger partial charge on any atom is -0.376 e. The van der Waals surface area contributed by atoms with Crippen molar-refractivity contribution in [1.29, 1.82) is 0 Å². The fourth-order valence-electron chi connectivity index (χ4n) is 3.63. The fraction of sp³-hybridized carbons (Fsp3) is 0.941. The number of aliphatic imine (C=N–C) groups is 1. The van der Waals surface area contributed by atoms with Gasteiger partial charge in [0.2, 0.25) is 0 Å². The molecule has 3 atom stereocenters. The number of likely N-dealkylation sites (tertiary alicyclic amines) is 1. The van der Waals surface area contributed by atoms with Gasteiger partial charge in [-0.1, -0.05) is 13.8 Å². The average molecular weight is 310 g/mol. The number of hydrogen-bond donors (Lipinski definition) is 2. The Morgan fingerprint density at radius 1 is 1.23 bits per heavy atom. The summed E-state index contributed by atoms with van der Waals surface area (Å²) in [7, 11) is 0. The van der Waals surface area contributed by atoms with Crippen molar-refractivity contribution in [3.63, 3.8) is 0 Å². The van der Waals surface area contributed by atoms with E-state index in [-0.39, 0.29) is 0 Å². The molecule has 2 heterocycles. The summed E-state index contributed by atoms with van der Waals surface area (Å²) >= 11 is 0. The molecule has 0 bridgehead atoms. The van der Waals surface area contributed by atoms with Crippen molar-refractivity contribution in [2.24, 2.45) is 16.8 Å². The van der Waals surface area contributed by atoms with Gasteiger partial charge in [-0.3, -0.25) is 4.99 Å². The zero-order valence-corrected chi connectivity index (χ0v) is 14.6. The van der Waals surface area contributed by atoms with E-state index in [0.29, 0.717) is 6.10 Å². The molecule has 0 spiro atoms. The third-order valence-corrected chi connectivity index (χ3v) is 4.49. The van der Waals surface area contributed by atoms with Crippen LogP contribution in [0.4, 0.5) is 0 Å². The lowest BCUT2D eigenvalue weighted by Gasteiger charge is -2.35. The minimum atomic E-state index is 0.319. The van der Waals surface area contributed by atoms with E-state index in [0.717, 1.165) is 57.0 Å². The first-order chi connectivity index (χ1) is 10.7. The van der Waals surface area contributed by atoms with Gasteiger partial charge in [-0.15, -0.1) is 0 Å². The van der Waals surface area contributed by atoms with Gasteiger partial charge in [0.1, 0.15) is 0 Å². The molecule has 2 fully saturated rings. The van der Waals surface area contributed by atoms with E-state index in [4.69, 9.17) is 4.74 Å². The van der Waals surface area contributed by atoms with Gasteiger partial charge in [-0.05, 0) is 38.0 Å². The van der Waals surface area contributed by atoms with E-state index in [1.165, 1.54) is 25.9 Å². The summed E-state index contributed by atoms with van der Waals surface area (Å²) < 4.78 is 5.63. The van der Waals surface area contributed by atoms with Crippen LogP contribution in [0.5, 0.6) is 0 Å². The summed E-state index contributed by atoms with van der Waals surface area (Å²) in [4.78, 5) is 7.24. The molecule has 5 heteroatoms. The van der Waals surface area contributed by atoms with E-state index in [1.54, 1.807) is 0 Å². The molecule has 0 radical (unpaired) electrons. The SMILES string of the molecule is CCNC(=NCC1CCCO1)NCCN1CC(C)CC(C)C1. The van der Waals surface area contributed by atoms with Gasteiger partial charge < -0.3 is 20.3 Å². The molecular formula is C17H34N4O. The quantitative estimate of drug-likeness (QED) is 0.579. The molecule has 0 aromatic rings. The molecule has 0 aromatic heterocycles. The Morgan fingerprint density at radius 3 is 2.64 bits per heavy atom. The normalized spacial score (nSPS) is 30.5. The van der Waals surface area contributed by atoms with Crippen molar-refractivity contribution in [3.05, 3.63) is 0 Å². The largest absolute Gasteiger partial charge is 0.376 e. The van der Waals surface area contributed by atoms with Crippen LogP contribution in [0.1, 0.15) is 40.0 Å². The lowest BCUT2D eigenvalue weighted by molar-refractivity contribution is 0.117. The maximum Gasteiger partial charge on any atom is 0.191 e. The predicted molar refractivity (Wildman–Crippen MR) is 92.3 cm³/mol. The highest BCUT2D eigenvalue weighted by Crippen LogP contribution is 2.20. The van der Waals surface area contributed by atoms with E-state index in [2.05, 4.69) is 41.3 Å². The standard InChI is InChI=1S/C17H34N4O/c1-4-18-17(20-11-16-6-5-9-22-16)19-7-8-21-12-14(2)10-15(3)13-21/h14-16H,4-13H2,1-3H3,(H2,18,19,20). The molecule has 0 aliphatic carbocycles. The third kappa shape index (κ3) is 6.13. The summed E-state index contributed by atoms with van der Waals surface area (Å²) in [5.41, 5.74) is 0. The maximum absolute atomic E-state index is 5.63. The topological polar surface area (TPSA) is 48.9 Å². The lowest BCUT2D eigenvalue weighted by atomic mass is 9.92. The van der Waals surface area contributed by atoms with Gasteiger partial charge in [-0.2, -0.15) is 0 Å². The predicted octanol–water partition coefficient (Wildman–Crippen LogP) is 1.70. The maximum atomic E-state index is 5.63. The third-order valence-electron chi connectivity index (χ3n) is 4.49. The first-order valence-electron chi connectivity index (χ1n) is 9.03. The molecule has 22 heavy (non-hydrogen) atoms. The zero-order chi connectivity index (χ0) is 15.8. The Balaban J connectivity index is 1.70. The van der Waals surface area contributed by atoms with Gasteiger partial charge in [0.15, 0.2) is 5.96 Å². The van der Waals surface area contributed by atoms with Crippen LogP contribution in [0.3, 0.4) is 0 Å². The van der Waals surface area contributed by atoms with Crippen LogP contribution in [-0.2, 0) is 4.74 Å². The summed E-state index contributed by atoms with van der Waals surface area (Å²) in [5.74, 6) is 2.58. The molecule has 2 N–H and O–H groups in total. The molecular weight excluding hydrogens is 276 g/mol. The van der Waals surface area contributed by atoms with E-state index < -0.39 is 0 Å². The minimum absolute atomic E-state index is 0.319. The smallest absolute Gasteiger partial charge is 0.191 e. The highest BCUT2D eigenvalue weighted by atomic mass is 16.5. The van der Waals surface area contributed by atoms with Crippen LogP contribution < -0.4 is 10.6 Å². The first-order valence-corrected chi connectivity index (χ1v) is 9.03. The molecule has 2 rings (SSSR count).